The molecule has 1 aliphatic heterocycles. The summed E-state index contributed by atoms with van der Waals surface area (Å²) in [6.45, 7) is 0. The Labute approximate surface area is 215 Å². The van der Waals surface area contributed by atoms with Crippen LogP contribution in [0.3, 0.4) is 0 Å². The number of nitrogens with zero attached hydrogens (tertiary/aromatic N) is 1. The zero-order valence-corrected chi connectivity index (χ0v) is 20.1. The summed E-state index contributed by atoms with van der Waals surface area (Å²) < 4.78 is 14.6. The molecule has 0 spiro atoms. The number of halogens is 1. The van der Waals surface area contributed by atoms with Gasteiger partial charge in [0.25, 0.3) is 5.91 Å². The minimum Gasteiger partial charge on any atom is -0.357 e. The predicted octanol–water partition coefficient (Wildman–Crippen LogP) is 7.04. The average Bonchev–Trinajstić information content (AvgIpc) is 3.08. The lowest BCUT2D eigenvalue weighted by atomic mass is 9.78. The SMILES string of the molecule is O=C1C[C@H](c2ccccc2)CC2=C1[C@H](c1cccc(F)c1)N(C(=O)c1ccccc1)c1ccccc1N2. The first kappa shape index (κ1) is 22.9. The first-order valence-electron chi connectivity index (χ1n) is 12.4. The molecule has 0 saturated heterocycles. The molecule has 5 heteroatoms. The number of rotatable bonds is 3. The predicted molar refractivity (Wildman–Crippen MR) is 143 cm³/mol. The summed E-state index contributed by atoms with van der Waals surface area (Å²) in [6, 6.07) is 32.0. The van der Waals surface area contributed by atoms with E-state index in [1.54, 1.807) is 29.2 Å². The standard InChI is InChI=1S/C32H25FN2O2/c33-25-15-9-14-23(18-25)31-30-27(19-24(20-29(30)36)21-10-3-1-4-11-21)34-26-16-7-8-17-28(26)35(31)32(37)22-12-5-2-6-13-22/h1-18,24,31,34H,19-20H2/t24-,31+/m1/s1. The Morgan fingerprint density at radius 2 is 1.46 bits per heavy atom. The number of carbonyl (C=O) groups excluding carboxylic acids is 2. The van der Waals surface area contributed by atoms with Crippen molar-refractivity contribution in [1.29, 1.82) is 0 Å². The van der Waals surface area contributed by atoms with Crippen LogP contribution in [-0.2, 0) is 4.79 Å². The zero-order chi connectivity index (χ0) is 25.4. The topological polar surface area (TPSA) is 49.4 Å². The molecule has 0 unspecified atom stereocenters. The third-order valence-corrected chi connectivity index (χ3v) is 7.16. The van der Waals surface area contributed by atoms with Gasteiger partial charge in [-0.1, -0.05) is 72.8 Å². The zero-order valence-electron chi connectivity index (χ0n) is 20.1. The number of Topliss-reactive ketones (excluding diaryl/α,β-unsaturated/α-hetero) is 1. The molecule has 0 saturated carbocycles. The molecule has 1 aliphatic carbocycles. The monoisotopic (exact) mass is 488 g/mol. The van der Waals surface area contributed by atoms with E-state index in [1.807, 2.05) is 72.8 Å². The van der Waals surface area contributed by atoms with Gasteiger partial charge in [-0.25, -0.2) is 4.39 Å². The number of fused-ring (bicyclic) bond motifs is 1. The number of nitrogens with one attached hydrogen (secondary N) is 1. The lowest BCUT2D eigenvalue weighted by Gasteiger charge is -2.35. The fourth-order valence-electron chi connectivity index (χ4n) is 5.49. The van der Waals surface area contributed by atoms with Crippen LogP contribution in [0.4, 0.5) is 15.8 Å². The van der Waals surface area contributed by atoms with Crippen molar-refractivity contribution < 1.29 is 14.0 Å². The summed E-state index contributed by atoms with van der Waals surface area (Å²) in [4.78, 5) is 29.7. The molecule has 4 aromatic rings. The van der Waals surface area contributed by atoms with E-state index in [2.05, 4.69) is 5.32 Å². The fraction of sp³-hybridized carbons (Fsp3) is 0.125. The van der Waals surface area contributed by atoms with Crippen molar-refractivity contribution in [2.75, 3.05) is 10.2 Å². The maximum atomic E-state index is 14.6. The van der Waals surface area contributed by atoms with Crippen molar-refractivity contribution in [2.24, 2.45) is 0 Å². The number of para-hydroxylation sites is 2. The van der Waals surface area contributed by atoms with Gasteiger partial charge in [-0.05, 0) is 59.9 Å². The summed E-state index contributed by atoms with van der Waals surface area (Å²) in [5.74, 6) is -0.703. The van der Waals surface area contributed by atoms with E-state index < -0.39 is 11.9 Å². The highest BCUT2D eigenvalue weighted by atomic mass is 19.1. The number of benzene rings is 4. The fourth-order valence-corrected chi connectivity index (χ4v) is 5.49. The van der Waals surface area contributed by atoms with Crippen LogP contribution in [0.1, 0.15) is 46.3 Å². The molecule has 0 bridgehead atoms. The van der Waals surface area contributed by atoms with Crippen LogP contribution in [0.5, 0.6) is 0 Å². The molecule has 2 atom stereocenters. The molecule has 0 fully saturated rings. The molecule has 0 aromatic heterocycles. The van der Waals surface area contributed by atoms with Crippen molar-refractivity contribution in [2.45, 2.75) is 24.8 Å². The number of anilines is 2. The molecule has 4 nitrogen and oxygen atoms in total. The highest BCUT2D eigenvalue weighted by Crippen LogP contribution is 2.47. The minimum absolute atomic E-state index is 0.0108. The molecular formula is C32H25FN2O2. The third kappa shape index (κ3) is 4.23. The number of carbonyl (C=O) groups is 2. The normalized spacial score (nSPS) is 18.9. The van der Waals surface area contributed by atoms with Crippen molar-refractivity contribution >= 4 is 23.1 Å². The highest BCUT2D eigenvalue weighted by molar-refractivity contribution is 6.12. The molecule has 1 amide bonds. The van der Waals surface area contributed by atoms with Gasteiger partial charge in [-0.2, -0.15) is 0 Å². The van der Waals surface area contributed by atoms with Gasteiger partial charge >= 0.3 is 0 Å². The lowest BCUT2D eigenvalue weighted by molar-refractivity contribution is -0.116. The lowest BCUT2D eigenvalue weighted by Crippen LogP contribution is -2.38. The largest absolute Gasteiger partial charge is 0.357 e. The van der Waals surface area contributed by atoms with Crippen molar-refractivity contribution in [1.82, 2.24) is 0 Å². The van der Waals surface area contributed by atoms with E-state index in [1.165, 1.54) is 12.1 Å². The van der Waals surface area contributed by atoms with Crippen LogP contribution in [-0.4, -0.2) is 11.7 Å². The maximum Gasteiger partial charge on any atom is 0.259 e. The van der Waals surface area contributed by atoms with Gasteiger partial charge in [0.05, 0.1) is 17.4 Å². The average molecular weight is 489 g/mol. The van der Waals surface area contributed by atoms with E-state index in [0.29, 0.717) is 35.2 Å². The number of hydrogen-bond acceptors (Lipinski definition) is 3. The molecule has 6 rings (SSSR count). The quantitative estimate of drug-likeness (QED) is 0.336. The Bertz CT molecular complexity index is 1510. The van der Waals surface area contributed by atoms with Crippen molar-refractivity contribution in [3.8, 4) is 0 Å². The summed E-state index contributed by atoms with van der Waals surface area (Å²) in [5, 5.41) is 3.51. The first-order valence-corrected chi connectivity index (χ1v) is 12.4. The van der Waals surface area contributed by atoms with Crippen molar-refractivity contribution in [3.05, 3.63) is 143 Å². The van der Waals surface area contributed by atoms with Gasteiger partial charge < -0.3 is 5.32 Å². The van der Waals surface area contributed by atoms with Crippen LogP contribution in [0.25, 0.3) is 0 Å². The molecular weight excluding hydrogens is 463 g/mol. The Morgan fingerprint density at radius 3 is 2.22 bits per heavy atom. The van der Waals surface area contributed by atoms with Crippen LogP contribution < -0.4 is 10.2 Å². The molecule has 182 valence electrons. The van der Waals surface area contributed by atoms with E-state index in [4.69, 9.17) is 0 Å². The summed E-state index contributed by atoms with van der Waals surface area (Å²) >= 11 is 0. The van der Waals surface area contributed by atoms with Gasteiger partial charge in [0.2, 0.25) is 0 Å². The molecule has 37 heavy (non-hydrogen) atoms. The van der Waals surface area contributed by atoms with Crippen LogP contribution in [0, 0.1) is 5.82 Å². The van der Waals surface area contributed by atoms with Crippen molar-refractivity contribution in [3.63, 3.8) is 0 Å². The third-order valence-electron chi connectivity index (χ3n) is 7.16. The van der Waals surface area contributed by atoms with Gasteiger partial charge in [-0.15, -0.1) is 0 Å². The number of hydrogen-bond donors (Lipinski definition) is 1. The number of amides is 1. The van der Waals surface area contributed by atoms with Crippen LogP contribution in [0.15, 0.2) is 120 Å². The van der Waals surface area contributed by atoms with E-state index in [-0.39, 0.29) is 17.6 Å². The van der Waals surface area contributed by atoms with Crippen LogP contribution >= 0.6 is 0 Å². The van der Waals surface area contributed by atoms with Crippen LogP contribution in [0.2, 0.25) is 0 Å². The molecule has 2 aliphatic rings. The van der Waals surface area contributed by atoms with E-state index in [9.17, 15) is 14.0 Å². The second kappa shape index (κ2) is 9.51. The van der Waals surface area contributed by atoms with Gasteiger partial charge in [0.1, 0.15) is 5.82 Å². The van der Waals surface area contributed by atoms with E-state index >= 15 is 0 Å². The van der Waals surface area contributed by atoms with Gasteiger partial charge in [0, 0.05) is 23.3 Å². The summed E-state index contributed by atoms with van der Waals surface area (Å²) in [5.41, 5.74) is 4.81. The maximum absolute atomic E-state index is 14.6. The smallest absolute Gasteiger partial charge is 0.259 e. The minimum atomic E-state index is -0.779. The molecule has 1 heterocycles. The molecule has 4 aromatic carbocycles. The van der Waals surface area contributed by atoms with Gasteiger partial charge in [0.15, 0.2) is 5.78 Å². The summed E-state index contributed by atoms with van der Waals surface area (Å²) in [6.07, 6.45) is 0.929. The highest BCUT2D eigenvalue weighted by Gasteiger charge is 2.41. The van der Waals surface area contributed by atoms with Gasteiger partial charge in [-0.3, -0.25) is 14.5 Å². The second-order valence-corrected chi connectivity index (χ2v) is 9.47. The van der Waals surface area contributed by atoms with E-state index in [0.717, 1.165) is 16.9 Å². The Hall–Kier alpha value is -4.51. The Balaban J connectivity index is 1.58. The summed E-state index contributed by atoms with van der Waals surface area (Å²) in [7, 11) is 0. The Morgan fingerprint density at radius 1 is 0.784 bits per heavy atom. The molecule has 0 radical (unpaired) electrons. The first-order chi connectivity index (χ1) is 18.1. The Kier molecular flexibility index (Phi) is 5.89. The second-order valence-electron chi connectivity index (χ2n) is 9.47. The number of allylic oxidation sites excluding steroid dienone is 1. The number of ketones is 1. The molecule has 1 N–H and O–H groups in total.